The number of carbonyl (C=O) groups excluding carboxylic acids is 1. The Balaban J connectivity index is 3.03. The molecule has 1 aromatic rings. The predicted molar refractivity (Wildman–Crippen MR) is 51.4 cm³/mol. The summed E-state index contributed by atoms with van der Waals surface area (Å²) in [6.45, 7) is 0. The van der Waals surface area contributed by atoms with Gasteiger partial charge in [-0.3, -0.25) is 10.2 Å². The molecule has 0 aliphatic carbocycles. The molecule has 60 valence electrons. The van der Waals surface area contributed by atoms with Crippen molar-refractivity contribution in [3.05, 3.63) is 19.2 Å². The molecule has 0 fully saturated rings. The number of rotatable bonds is 1. The summed E-state index contributed by atoms with van der Waals surface area (Å²) in [6, 6.07) is 1.71. The molecule has 6 heteroatoms. The molecule has 0 radical (unpaired) electrons. The average molecular weight is 300 g/mol. The van der Waals surface area contributed by atoms with Crippen LogP contribution in [0.4, 0.5) is 0 Å². The van der Waals surface area contributed by atoms with Gasteiger partial charge in [-0.2, -0.15) is 0 Å². The van der Waals surface area contributed by atoms with Gasteiger partial charge in [-0.25, -0.2) is 5.84 Å². The SMILES string of the molecule is NNC(=O)c1cc(Br)sc1Br. The molecule has 0 aromatic carbocycles. The molecule has 1 rings (SSSR count). The van der Waals surface area contributed by atoms with Crippen LogP contribution in [-0.2, 0) is 0 Å². The van der Waals surface area contributed by atoms with E-state index in [2.05, 4.69) is 37.3 Å². The van der Waals surface area contributed by atoms with E-state index in [-0.39, 0.29) is 5.91 Å². The maximum Gasteiger partial charge on any atom is 0.267 e. The number of nitrogens with one attached hydrogen (secondary N) is 1. The maximum absolute atomic E-state index is 11.0. The van der Waals surface area contributed by atoms with E-state index in [4.69, 9.17) is 5.84 Å². The monoisotopic (exact) mass is 298 g/mol. The first-order valence-electron chi connectivity index (χ1n) is 2.61. The number of thiophene rings is 1. The third-order valence-corrected chi connectivity index (χ3v) is 3.37. The summed E-state index contributed by atoms with van der Waals surface area (Å²) in [4.78, 5) is 11.0. The van der Waals surface area contributed by atoms with E-state index in [0.717, 1.165) is 7.57 Å². The van der Waals surface area contributed by atoms with Crippen LogP contribution in [-0.4, -0.2) is 5.91 Å². The Morgan fingerprint density at radius 3 is 2.64 bits per heavy atom. The first kappa shape index (κ1) is 9.18. The van der Waals surface area contributed by atoms with Gasteiger partial charge in [0.25, 0.3) is 5.91 Å². The lowest BCUT2D eigenvalue weighted by molar-refractivity contribution is 0.0953. The van der Waals surface area contributed by atoms with Crippen LogP contribution in [0.2, 0.25) is 0 Å². The molecule has 0 atom stereocenters. The molecule has 0 spiro atoms. The van der Waals surface area contributed by atoms with Crippen molar-refractivity contribution in [1.82, 2.24) is 5.43 Å². The zero-order valence-corrected chi connectivity index (χ0v) is 9.22. The van der Waals surface area contributed by atoms with Crippen molar-refractivity contribution >= 4 is 49.1 Å². The van der Waals surface area contributed by atoms with Crippen molar-refractivity contribution in [1.29, 1.82) is 0 Å². The van der Waals surface area contributed by atoms with Gasteiger partial charge in [0.2, 0.25) is 0 Å². The highest BCUT2D eigenvalue weighted by atomic mass is 79.9. The Bertz CT molecular complexity index is 286. The maximum atomic E-state index is 11.0. The van der Waals surface area contributed by atoms with Gasteiger partial charge in [-0.1, -0.05) is 0 Å². The second-order valence-electron chi connectivity index (χ2n) is 1.71. The van der Waals surface area contributed by atoms with E-state index >= 15 is 0 Å². The van der Waals surface area contributed by atoms with E-state index < -0.39 is 0 Å². The molecular weight excluding hydrogens is 296 g/mol. The second kappa shape index (κ2) is 3.66. The van der Waals surface area contributed by atoms with Crippen LogP contribution < -0.4 is 11.3 Å². The van der Waals surface area contributed by atoms with Gasteiger partial charge in [-0.05, 0) is 37.9 Å². The number of nitrogen functional groups attached to an aromatic ring is 1. The Labute approximate surface area is 84.2 Å². The quantitative estimate of drug-likeness (QED) is 0.473. The molecule has 1 aromatic heterocycles. The number of carbonyl (C=O) groups is 1. The highest BCUT2D eigenvalue weighted by Crippen LogP contribution is 2.31. The highest BCUT2D eigenvalue weighted by molar-refractivity contribution is 9.12. The normalized spacial score (nSPS) is 9.73. The van der Waals surface area contributed by atoms with Gasteiger partial charge in [0.15, 0.2) is 0 Å². The number of hydrogen-bond acceptors (Lipinski definition) is 3. The molecule has 0 saturated carbocycles. The molecule has 1 heterocycles. The summed E-state index contributed by atoms with van der Waals surface area (Å²) in [5, 5.41) is 0. The summed E-state index contributed by atoms with van der Waals surface area (Å²) in [5.74, 6) is 4.66. The third-order valence-electron chi connectivity index (χ3n) is 1.03. The number of nitrogens with two attached hydrogens (primary N) is 1. The van der Waals surface area contributed by atoms with E-state index in [1.54, 1.807) is 6.07 Å². The van der Waals surface area contributed by atoms with E-state index in [0.29, 0.717) is 5.56 Å². The van der Waals surface area contributed by atoms with Crippen molar-refractivity contribution in [2.24, 2.45) is 5.84 Å². The van der Waals surface area contributed by atoms with Crippen LogP contribution in [0.15, 0.2) is 13.6 Å². The van der Waals surface area contributed by atoms with E-state index in [1.807, 2.05) is 0 Å². The summed E-state index contributed by atoms with van der Waals surface area (Å²) < 4.78 is 1.66. The zero-order chi connectivity index (χ0) is 8.43. The summed E-state index contributed by atoms with van der Waals surface area (Å²) in [7, 11) is 0. The average Bonchev–Trinajstić information content (AvgIpc) is 2.28. The molecule has 3 nitrogen and oxygen atoms in total. The molecule has 0 aliphatic rings. The Kier molecular flexibility index (Phi) is 3.06. The summed E-state index contributed by atoms with van der Waals surface area (Å²) in [6.07, 6.45) is 0. The number of hydrazine groups is 1. The van der Waals surface area contributed by atoms with Gasteiger partial charge < -0.3 is 0 Å². The first-order valence-corrected chi connectivity index (χ1v) is 5.01. The molecule has 11 heavy (non-hydrogen) atoms. The molecule has 0 unspecified atom stereocenters. The first-order chi connectivity index (χ1) is 5.15. The van der Waals surface area contributed by atoms with Crippen LogP contribution in [0.25, 0.3) is 0 Å². The number of amides is 1. The van der Waals surface area contributed by atoms with Gasteiger partial charge in [0.1, 0.15) is 0 Å². The fourth-order valence-electron chi connectivity index (χ4n) is 0.573. The Morgan fingerprint density at radius 2 is 2.27 bits per heavy atom. The van der Waals surface area contributed by atoms with Gasteiger partial charge >= 0.3 is 0 Å². The number of halogens is 2. The minimum Gasteiger partial charge on any atom is -0.290 e. The molecule has 3 N–H and O–H groups in total. The van der Waals surface area contributed by atoms with Crippen LogP contribution in [0, 0.1) is 0 Å². The van der Waals surface area contributed by atoms with Crippen molar-refractivity contribution in [2.75, 3.05) is 0 Å². The predicted octanol–water partition coefficient (Wildman–Crippen LogP) is 1.88. The van der Waals surface area contributed by atoms with Gasteiger partial charge in [-0.15, -0.1) is 11.3 Å². The molecule has 0 aliphatic heterocycles. The third kappa shape index (κ3) is 2.02. The lowest BCUT2D eigenvalue weighted by atomic mass is 10.3. The molecular formula is C5H4Br2N2OS. The Hall–Kier alpha value is 0.0900. The summed E-state index contributed by atoms with van der Waals surface area (Å²) >= 11 is 7.91. The van der Waals surface area contributed by atoms with Crippen molar-refractivity contribution in [3.8, 4) is 0 Å². The smallest absolute Gasteiger partial charge is 0.267 e. The largest absolute Gasteiger partial charge is 0.290 e. The van der Waals surface area contributed by atoms with Crippen LogP contribution in [0.3, 0.4) is 0 Å². The van der Waals surface area contributed by atoms with Gasteiger partial charge in [0, 0.05) is 0 Å². The van der Waals surface area contributed by atoms with Crippen LogP contribution in [0.1, 0.15) is 10.4 Å². The minimum atomic E-state index is -0.293. The van der Waals surface area contributed by atoms with Crippen LogP contribution in [0.5, 0.6) is 0 Å². The fourth-order valence-corrected chi connectivity index (χ4v) is 3.37. The molecule has 0 saturated heterocycles. The van der Waals surface area contributed by atoms with Crippen LogP contribution >= 0.6 is 43.2 Å². The standard InChI is InChI=1S/C5H4Br2N2OS/c6-3-1-2(4(7)11-3)5(10)9-8/h1H,8H2,(H,9,10). The number of hydrogen-bond donors (Lipinski definition) is 2. The van der Waals surface area contributed by atoms with Crippen molar-refractivity contribution in [3.63, 3.8) is 0 Å². The van der Waals surface area contributed by atoms with Crippen molar-refractivity contribution in [2.45, 2.75) is 0 Å². The lowest BCUT2D eigenvalue weighted by Gasteiger charge is -1.93. The second-order valence-corrected chi connectivity index (χ2v) is 5.46. The highest BCUT2D eigenvalue weighted by Gasteiger charge is 2.11. The molecule has 1 amide bonds. The minimum absolute atomic E-state index is 0.293. The van der Waals surface area contributed by atoms with Gasteiger partial charge in [0.05, 0.1) is 13.1 Å². The van der Waals surface area contributed by atoms with E-state index in [9.17, 15) is 4.79 Å². The molecule has 0 bridgehead atoms. The van der Waals surface area contributed by atoms with E-state index in [1.165, 1.54) is 11.3 Å². The fraction of sp³-hybridized carbons (Fsp3) is 0. The topological polar surface area (TPSA) is 55.1 Å². The summed E-state index contributed by atoms with van der Waals surface area (Å²) in [5.41, 5.74) is 2.60. The Morgan fingerprint density at radius 1 is 1.64 bits per heavy atom. The lowest BCUT2D eigenvalue weighted by Crippen LogP contribution is -2.29. The van der Waals surface area contributed by atoms with Crippen molar-refractivity contribution < 1.29 is 4.79 Å². The zero-order valence-electron chi connectivity index (χ0n) is 5.23.